The Balaban J connectivity index is 1.70. The number of pyridine rings is 1. The summed E-state index contributed by atoms with van der Waals surface area (Å²) in [7, 11) is 1.37. The highest BCUT2D eigenvalue weighted by Gasteiger charge is 2.30. The Morgan fingerprint density at radius 3 is 2.85 bits per heavy atom. The second-order valence-corrected chi connectivity index (χ2v) is 8.44. The molecular weight excluding hydrogens is 426 g/mol. The van der Waals surface area contributed by atoms with Gasteiger partial charge in [0.1, 0.15) is 5.82 Å². The van der Waals surface area contributed by atoms with E-state index < -0.39 is 0 Å². The first-order valence-corrected chi connectivity index (χ1v) is 11.6. The first-order chi connectivity index (χ1) is 16.6. The molecule has 1 saturated heterocycles. The van der Waals surface area contributed by atoms with Gasteiger partial charge in [-0.3, -0.25) is 14.5 Å². The van der Waals surface area contributed by atoms with Gasteiger partial charge in [0, 0.05) is 35.7 Å². The fraction of sp³-hybridized carbons (Fsp3) is 0.321. The summed E-state index contributed by atoms with van der Waals surface area (Å²) in [5.41, 5.74) is 2.39. The Bertz CT molecular complexity index is 1250. The van der Waals surface area contributed by atoms with Crippen molar-refractivity contribution in [3.8, 4) is 11.8 Å². The third-order valence-electron chi connectivity index (χ3n) is 6.09. The summed E-state index contributed by atoms with van der Waals surface area (Å²) in [5, 5.41) is 5.50. The van der Waals surface area contributed by atoms with Gasteiger partial charge in [0.25, 0.3) is 5.91 Å². The van der Waals surface area contributed by atoms with Gasteiger partial charge in [0.05, 0.1) is 19.6 Å². The fourth-order valence-electron chi connectivity index (χ4n) is 4.36. The largest absolute Gasteiger partial charge is 0.469 e. The van der Waals surface area contributed by atoms with Crippen molar-refractivity contribution in [2.24, 2.45) is 0 Å². The van der Waals surface area contributed by atoms with E-state index in [1.54, 1.807) is 6.20 Å². The zero-order valence-corrected chi connectivity index (χ0v) is 19.6. The Morgan fingerprint density at radius 2 is 2.06 bits per heavy atom. The van der Waals surface area contributed by atoms with Gasteiger partial charge in [-0.1, -0.05) is 36.1 Å². The standard InChI is InChI=1S/C28H29N3O3/c1-20-8-5-11-22-15-17-30-27(26(20)22)31(24-13-7-16-29-19-24)28(33)23-12-6-10-21(18-23)9-3-4-14-25(32)34-2/h5-6,8,10-12,15,17-18,24,29H,4,7,13-14,16,19H2,1-2H3/t24-/m1/s1. The van der Waals surface area contributed by atoms with E-state index in [-0.39, 0.29) is 24.3 Å². The Morgan fingerprint density at radius 1 is 1.21 bits per heavy atom. The molecule has 1 amide bonds. The zero-order valence-electron chi connectivity index (χ0n) is 19.6. The van der Waals surface area contributed by atoms with Crippen LogP contribution in [0.1, 0.15) is 47.2 Å². The number of esters is 1. The summed E-state index contributed by atoms with van der Waals surface area (Å²) in [6.45, 7) is 3.74. The molecule has 6 heteroatoms. The number of anilines is 1. The van der Waals surface area contributed by atoms with Crippen LogP contribution in [0.15, 0.2) is 54.7 Å². The van der Waals surface area contributed by atoms with E-state index >= 15 is 0 Å². The lowest BCUT2D eigenvalue weighted by Gasteiger charge is -2.35. The second kappa shape index (κ2) is 11.0. The number of ether oxygens (including phenoxy) is 1. The van der Waals surface area contributed by atoms with Crippen molar-refractivity contribution in [1.82, 2.24) is 10.3 Å². The molecule has 2 aromatic carbocycles. The number of hydrogen-bond acceptors (Lipinski definition) is 5. The van der Waals surface area contributed by atoms with Crippen LogP contribution in [0, 0.1) is 18.8 Å². The highest BCUT2D eigenvalue weighted by atomic mass is 16.5. The number of piperidine rings is 1. The van der Waals surface area contributed by atoms with Gasteiger partial charge in [-0.2, -0.15) is 0 Å². The van der Waals surface area contributed by atoms with E-state index in [2.05, 4.69) is 41.0 Å². The van der Waals surface area contributed by atoms with Crippen LogP contribution in [-0.2, 0) is 9.53 Å². The van der Waals surface area contributed by atoms with Gasteiger partial charge >= 0.3 is 5.97 Å². The average molecular weight is 456 g/mol. The number of aromatic nitrogens is 1. The van der Waals surface area contributed by atoms with Crippen LogP contribution in [0.3, 0.4) is 0 Å². The number of rotatable bonds is 5. The molecule has 1 fully saturated rings. The van der Waals surface area contributed by atoms with Crippen molar-refractivity contribution in [2.45, 2.75) is 38.6 Å². The van der Waals surface area contributed by atoms with Crippen molar-refractivity contribution in [1.29, 1.82) is 0 Å². The van der Waals surface area contributed by atoms with Crippen LogP contribution in [0.2, 0.25) is 0 Å². The average Bonchev–Trinajstić information content (AvgIpc) is 2.87. The molecule has 1 aliphatic rings. The predicted octanol–water partition coefficient (Wildman–Crippen LogP) is 4.25. The third kappa shape index (κ3) is 5.27. The molecule has 174 valence electrons. The number of fused-ring (bicyclic) bond motifs is 1. The molecule has 0 aliphatic carbocycles. The summed E-state index contributed by atoms with van der Waals surface area (Å²) >= 11 is 0. The molecular formula is C28H29N3O3. The summed E-state index contributed by atoms with van der Waals surface area (Å²) < 4.78 is 4.65. The highest BCUT2D eigenvalue weighted by molar-refractivity contribution is 6.10. The van der Waals surface area contributed by atoms with Crippen molar-refractivity contribution in [2.75, 3.05) is 25.1 Å². The van der Waals surface area contributed by atoms with Crippen LogP contribution < -0.4 is 10.2 Å². The van der Waals surface area contributed by atoms with Crippen LogP contribution in [0.4, 0.5) is 5.82 Å². The monoisotopic (exact) mass is 455 g/mol. The lowest BCUT2D eigenvalue weighted by molar-refractivity contribution is -0.140. The Kier molecular flexibility index (Phi) is 7.56. The number of nitrogens with one attached hydrogen (secondary N) is 1. The van der Waals surface area contributed by atoms with E-state index in [1.807, 2.05) is 41.3 Å². The smallest absolute Gasteiger partial charge is 0.306 e. The molecule has 0 unspecified atom stereocenters. The number of nitrogens with zero attached hydrogens (tertiary/aromatic N) is 2. The van der Waals surface area contributed by atoms with Crippen molar-refractivity contribution in [3.05, 3.63) is 71.4 Å². The van der Waals surface area contributed by atoms with E-state index in [9.17, 15) is 9.59 Å². The summed E-state index contributed by atoms with van der Waals surface area (Å²) in [4.78, 5) is 31.8. The van der Waals surface area contributed by atoms with Crippen molar-refractivity contribution in [3.63, 3.8) is 0 Å². The summed E-state index contributed by atoms with van der Waals surface area (Å²) in [6, 6.07) is 15.5. The third-order valence-corrected chi connectivity index (χ3v) is 6.09. The topological polar surface area (TPSA) is 71.5 Å². The summed E-state index contributed by atoms with van der Waals surface area (Å²) in [5.74, 6) is 6.38. The van der Waals surface area contributed by atoms with E-state index in [4.69, 9.17) is 4.98 Å². The molecule has 0 radical (unpaired) electrons. The number of carbonyl (C=O) groups excluding carboxylic acids is 2. The second-order valence-electron chi connectivity index (χ2n) is 8.44. The molecule has 2 heterocycles. The first kappa shape index (κ1) is 23.5. The van der Waals surface area contributed by atoms with Gasteiger partial charge in [-0.25, -0.2) is 4.98 Å². The van der Waals surface area contributed by atoms with Crippen LogP contribution in [0.5, 0.6) is 0 Å². The number of carbonyl (C=O) groups is 2. The van der Waals surface area contributed by atoms with Gasteiger partial charge < -0.3 is 10.1 Å². The molecule has 1 aromatic heterocycles. The minimum Gasteiger partial charge on any atom is -0.469 e. The molecule has 0 saturated carbocycles. The van der Waals surface area contributed by atoms with E-state index in [0.29, 0.717) is 17.8 Å². The molecule has 6 nitrogen and oxygen atoms in total. The predicted molar refractivity (Wildman–Crippen MR) is 134 cm³/mol. The lowest BCUT2D eigenvalue weighted by atomic mass is 10.0. The Labute approximate surface area is 200 Å². The van der Waals surface area contributed by atoms with Crippen LogP contribution in [-0.4, -0.2) is 43.1 Å². The minimum absolute atomic E-state index is 0.00810. The molecule has 34 heavy (non-hydrogen) atoms. The highest BCUT2D eigenvalue weighted by Crippen LogP contribution is 2.31. The first-order valence-electron chi connectivity index (χ1n) is 11.6. The molecule has 1 N–H and O–H groups in total. The van der Waals surface area contributed by atoms with Crippen molar-refractivity contribution < 1.29 is 14.3 Å². The zero-order chi connectivity index (χ0) is 23.9. The molecule has 4 rings (SSSR count). The van der Waals surface area contributed by atoms with E-state index in [0.717, 1.165) is 47.8 Å². The van der Waals surface area contributed by atoms with Gasteiger partial charge in [-0.05, 0) is 61.5 Å². The lowest BCUT2D eigenvalue weighted by Crippen LogP contribution is -2.49. The maximum absolute atomic E-state index is 14.0. The maximum atomic E-state index is 14.0. The quantitative estimate of drug-likeness (QED) is 0.460. The molecule has 0 spiro atoms. The number of amides is 1. The van der Waals surface area contributed by atoms with Gasteiger partial charge in [0.2, 0.25) is 0 Å². The van der Waals surface area contributed by atoms with Gasteiger partial charge in [0.15, 0.2) is 0 Å². The molecule has 1 atom stereocenters. The number of aryl methyl sites for hydroxylation is 1. The SMILES string of the molecule is COC(=O)CCC#Cc1cccc(C(=O)N(c2nccc3cccc(C)c23)[C@@H]2CCCNC2)c1. The number of benzene rings is 2. The minimum atomic E-state index is -0.284. The van der Waals surface area contributed by atoms with E-state index in [1.165, 1.54) is 7.11 Å². The number of hydrogen-bond donors (Lipinski definition) is 1. The van der Waals surface area contributed by atoms with Crippen LogP contribution in [0.25, 0.3) is 10.8 Å². The van der Waals surface area contributed by atoms with Crippen LogP contribution >= 0.6 is 0 Å². The summed E-state index contributed by atoms with van der Waals surface area (Å²) in [6.07, 6.45) is 4.34. The maximum Gasteiger partial charge on any atom is 0.306 e. The molecule has 3 aromatic rings. The fourth-order valence-corrected chi connectivity index (χ4v) is 4.36. The normalized spacial score (nSPS) is 15.3. The van der Waals surface area contributed by atoms with Gasteiger partial charge in [-0.15, -0.1) is 0 Å². The molecule has 1 aliphatic heterocycles. The Hall–Kier alpha value is -3.69. The number of methoxy groups -OCH3 is 1. The van der Waals surface area contributed by atoms with Crippen molar-refractivity contribution >= 4 is 28.5 Å². The molecule has 0 bridgehead atoms.